The summed E-state index contributed by atoms with van der Waals surface area (Å²) in [6.07, 6.45) is 1.14. The lowest BCUT2D eigenvalue weighted by Gasteiger charge is -2.18. The Kier molecular flexibility index (Phi) is 2.47. The van der Waals surface area contributed by atoms with Crippen LogP contribution in [0.3, 0.4) is 0 Å². The molecule has 2 saturated heterocycles. The Morgan fingerprint density at radius 2 is 2.33 bits per heavy atom. The van der Waals surface area contributed by atoms with Crippen molar-refractivity contribution in [2.45, 2.75) is 30.4 Å². The zero-order valence-electron chi connectivity index (χ0n) is 10.7. The summed E-state index contributed by atoms with van der Waals surface area (Å²) < 4.78 is 12.5. The molecule has 1 unspecified atom stereocenters. The largest absolute Gasteiger partial charge is 0.421 e. The Labute approximate surface area is 119 Å². The molecule has 0 amide bonds. The maximum absolute atomic E-state index is 10.1. The van der Waals surface area contributed by atoms with Gasteiger partial charge in [-0.05, 0) is 0 Å². The summed E-state index contributed by atoms with van der Waals surface area (Å²) in [5, 5.41) is 19.2. The predicted molar refractivity (Wildman–Crippen MR) is 69.5 cm³/mol. The number of hydrogen-bond donors (Lipinski definition) is 2. The molecule has 4 atom stereocenters. The van der Waals surface area contributed by atoms with Crippen LogP contribution in [0.15, 0.2) is 12.7 Å². The molecule has 9 nitrogen and oxygen atoms in total. The van der Waals surface area contributed by atoms with Crippen molar-refractivity contribution in [3.63, 3.8) is 0 Å². The van der Waals surface area contributed by atoms with Gasteiger partial charge in [-0.15, -0.1) is 0 Å². The summed E-state index contributed by atoms with van der Waals surface area (Å²) in [5.74, 6) is 0.279. The van der Waals surface area contributed by atoms with Crippen molar-refractivity contribution >= 4 is 24.5 Å². The van der Waals surface area contributed by atoms with E-state index in [4.69, 9.17) is 20.4 Å². The van der Waals surface area contributed by atoms with Gasteiger partial charge in [-0.1, -0.05) is 0 Å². The molecule has 0 spiro atoms. The molecule has 3 N–H and O–H groups in total. The third-order valence-electron chi connectivity index (χ3n) is 3.76. The number of nitriles is 1. The molecule has 1 radical (unpaired) electrons. The number of aliphatic hydroxyl groups excluding tert-OH is 1. The van der Waals surface area contributed by atoms with E-state index in [1.807, 2.05) is 6.07 Å². The van der Waals surface area contributed by atoms with E-state index in [2.05, 4.69) is 15.0 Å². The molecule has 105 valence electrons. The van der Waals surface area contributed by atoms with Crippen molar-refractivity contribution in [2.75, 3.05) is 5.73 Å². The topological polar surface area (TPSA) is 135 Å². The fraction of sp³-hybridized carbons (Fsp3) is 0.455. The second-order valence-corrected chi connectivity index (χ2v) is 5.04. The van der Waals surface area contributed by atoms with Crippen molar-refractivity contribution in [3.8, 4) is 6.07 Å². The van der Waals surface area contributed by atoms with E-state index >= 15 is 0 Å². The normalized spacial score (nSPS) is 34.6. The smallest absolute Gasteiger partial charge is 0.350 e. The van der Waals surface area contributed by atoms with Crippen molar-refractivity contribution < 1.29 is 14.5 Å². The number of aromatic nitrogens is 4. The second-order valence-electron chi connectivity index (χ2n) is 5.04. The maximum Gasteiger partial charge on any atom is 0.350 e. The summed E-state index contributed by atoms with van der Waals surface area (Å²) in [7, 11) is 1.37. The molecule has 2 aliphatic rings. The van der Waals surface area contributed by atoms with Crippen LogP contribution in [-0.4, -0.2) is 49.8 Å². The van der Waals surface area contributed by atoms with Crippen LogP contribution in [0, 0.1) is 11.3 Å². The highest BCUT2D eigenvalue weighted by molar-refractivity contribution is 6.44. The number of fused-ring (bicyclic) bond motifs is 1. The molecule has 2 aliphatic heterocycles. The Hall–Kier alpha value is -2.22. The molecule has 4 heterocycles. The molecule has 0 saturated carbocycles. The molecule has 4 rings (SSSR count). The Morgan fingerprint density at radius 3 is 3.05 bits per heavy atom. The van der Waals surface area contributed by atoms with Crippen molar-refractivity contribution in [1.29, 1.82) is 5.26 Å². The number of hydrogen-bond acceptors (Lipinski definition) is 8. The van der Waals surface area contributed by atoms with Gasteiger partial charge >= 0.3 is 7.48 Å². The van der Waals surface area contributed by atoms with E-state index in [0.29, 0.717) is 17.6 Å². The molecular weight excluding hydrogens is 275 g/mol. The van der Waals surface area contributed by atoms with Crippen LogP contribution in [0.2, 0.25) is 0 Å². The SMILES string of the molecule is N#CC1([C@H]2O[C@@H](n3cnc4c(N)ncnc43)C[C@@H]2O)[B]O1. The standard InChI is InChI=1S/C11H10BN6O3/c13-2-11(12-21-11)8-5(19)1-6(20-8)18-4-17-7-9(14)15-3-16-10(7)18/h3-6,8,19H,1H2,(H2,14,15,16)/t5-,6+,8-,11?/m0/s1. The number of ether oxygens (including phenoxy) is 1. The average molecular weight is 285 g/mol. The number of nitrogens with two attached hydrogens (primary N) is 1. The average Bonchev–Trinajstić information content (AvgIpc) is 2.99. The molecule has 2 aromatic heterocycles. The molecule has 0 aliphatic carbocycles. The highest BCUT2D eigenvalue weighted by atomic mass is 16.6. The first-order chi connectivity index (χ1) is 10.1. The highest BCUT2D eigenvalue weighted by Crippen LogP contribution is 2.41. The number of imidazole rings is 1. The summed E-state index contributed by atoms with van der Waals surface area (Å²) in [5.41, 5.74) is 5.58. The van der Waals surface area contributed by atoms with Crippen molar-refractivity contribution in [1.82, 2.24) is 19.5 Å². The third kappa shape index (κ3) is 1.72. The first-order valence-corrected chi connectivity index (χ1v) is 6.34. The minimum absolute atomic E-state index is 0.279. The summed E-state index contributed by atoms with van der Waals surface area (Å²) in [6.45, 7) is 0. The third-order valence-corrected chi connectivity index (χ3v) is 3.76. The van der Waals surface area contributed by atoms with Crippen LogP contribution >= 0.6 is 0 Å². The first-order valence-electron chi connectivity index (χ1n) is 6.34. The lowest BCUT2D eigenvalue weighted by atomic mass is 9.82. The summed E-state index contributed by atoms with van der Waals surface area (Å²) >= 11 is 0. The number of aliphatic hydroxyl groups is 1. The molecule has 0 bridgehead atoms. The van der Waals surface area contributed by atoms with E-state index in [0.717, 1.165) is 0 Å². The van der Waals surface area contributed by atoms with Gasteiger partial charge in [0.05, 0.1) is 18.5 Å². The predicted octanol–water partition coefficient (Wildman–Crippen LogP) is -1.07. The number of nitrogen functional groups attached to an aromatic ring is 1. The molecule has 2 aromatic rings. The van der Waals surface area contributed by atoms with Gasteiger partial charge in [0.25, 0.3) is 0 Å². The van der Waals surface area contributed by atoms with E-state index in [1.165, 1.54) is 20.1 Å². The van der Waals surface area contributed by atoms with Crippen LogP contribution in [0.25, 0.3) is 11.2 Å². The first kappa shape index (κ1) is 12.5. The molecule has 2 fully saturated rings. The van der Waals surface area contributed by atoms with Crippen molar-refractivity contribution in [3.05, 3.63) is 12.7 Å². The molecule has 0 aromatic carbocycles. The second kappa shape index (κ2) is 4.14. The molecule has 21 heavy (non-hydrogen) atoms. The Bertz CT molecular complexity index is 754. The van der Waals surface area contributed by atoms with Gasteiger partial charge in [0.15, 0.2) is 17.0 Å². The van der Waals surface area contributed by atoms with E-state index < -0.39 is 23.9 Å². The zero-order chi connectivity index (χ0) is 14.6. The van der Waals surface area contributed by atoms with Crippen LogP contribution in [-0.2, 0) is 9.39 Å². The van der Waals surface area contributed by atoms with E-state index in [-0.39, 0.29) is 5.82 Å². The summed E-state index contributed by atoms with van der Waals surface area (Å²) in [4.78, 5) is 12.2. The summed E-state index contributed by atoms with van der Waals surface area (Å²) in [6, 6.07) is 2.00. The van der Waals surface area contributed by atoms with Gasteiger partial charge in [0.2, 0.25) is 0 Å². The quantitative estimate of drug-likeness (QED) is 0.525. The monoisotopic (exact) mass is 285 g/mol. The minimum atomic E-state index is -1.15. The van der Waals surface area contributed by atoms with Gasteiger partial charge in [-0.25, -0.2) is 15.0 Å². The Morgan fingerprint density at radius 1 is 1.52 bits per heavy atom. The number of rotatable bonds is 2. The number of anilines is 1. The minimum Gasteiger partial charge on any atom is -0.421 e. The van der Waals surface area contributed by atoms with Gasteiger partial charge in [-0.3, -0.25) is 4.57 Å². The Balaban J connectivity index is 1.68. The van der Waals surface area contributed by atoms with Gasteiger partial charge in [0.1, 0.15) is 24.2 Å². The number of nitrogens with zero attached hydrogens (tertiary/aromatic N) is 5. The lowest BCUT2D eigenvalue weighted by Crippen LogP contribution is -2.37. The van der Waals surface area contributed by atoms with E-state index in [9.17, 15) is 5.11 Å². The highest BCUT2D eigenvalue weighted by Gasteiger charge is 2.61. The fourth-order valence-electron chi connectivity index (χ4n) is 2.61. The van der Waals surface area contributed by atoms with Crippen LogP contribution in [0.4, 0.5) is 5.82 Å². The van der Waals surface area contributed by atoms with Gasteiger partial charge < -0.3 is 20.2 Å². The zero-order valence-corrected chi connectivity index (χ0v) is 10.7. The van der Waals surface area contributed by atoms with Gasteiger partial charge in [0, 0.05) is 6.42 Å². The van der Waals surface area contributed by atoms with E-state index in [1.54, 1.807) is 4.57 Å². The van der Waals surface area contributed by atoms with Crippen LogP contribution < -0.4 is 5.73 Å². The fourth-order valence-corrected chi connectivity index (χ4v) is 2.61. The lowest BCUT2D eigenvalue weighted by molar-refractivity contribution is -0.0447. The maximum atomic E-state index is 10.1. The van der Waals surface area contributed by atoms with Crippen LogP contribution in [0.1, 0.15) is 12.6 Å². The van der Waals surface area contributed by atoms with Gasteiger partial charge in [-0.2, -0.15) is 5.26 Å². The molecule has 10 heteroatoms. The van der Waals surface area contributed by atoms with Crippen molar-refractivity contribution in [2.24, 2.45) is 0 Å². The molecular formula is C11H10BN6O3. The van der Waals surface area contributed by atoms with Crippen LogP contribution in [0.5, 0.6) is 0 Å².